The van der Waals surface area contributed by atoms with E-state index in [2.05, 4.69) is 10.3 Å². The van der Waals surface area contributed by atoms with Crippen molar-refractivity contribution < 1.29 is 23.1 Å². The summed E-state index contributed by atoms with van der Waals surface area (Å²) in [4.78, 5) is 40.5. The third-order valence-electron chi connectivity index (χ3n) is 4.77. The molecule has 8 nitrogen and oxygen atoms in total. The van der Waals surface area contributed by atoms with E-state index in [9.17, 15) is 23.2 Å². The molecule has 11 heteroatoms. The molecule has 0 unspecified atom stereocenters. The number of benzene rings is 2. The Morgan fingerprint density at radius 1 is 1.24 bits per heavy atom. The Labute approximate surface area is 192 Å². The van der Waals surface area contributed by atoms with E-state index in [0.29, 0.717) is 17.3 Å². The molecule has 0 saturated carbocycles. The molecule has 0 aliphatic rings. The highest BCUT2D eigenvalue weighted by atomic mass is 35.5. The lowest BCUT2D eigenvalue weighted by atomic mass is 10.1. The zero-order chi connectivity index (χ0) is 24.3. The third-order valence-corrected chi connectivity index (χ3v) is 5.09. The molecule has 0 fully saturated rings. The van der Waals surface area contributed by atoms with Crippen LogP contribution in [-0.2, 0) is 11.4 Å². The second-order valence-electron chi connectivity index (χ2n) is 7.16. The fourth-order valence-electron chi connectivity index (χ4n) is 2.83. The number of aromatic nitrogens is 2. The van der Waals surface area contributed by atoms with Crippen molar-refractivity contribution in [3.8, 4) is 11.6 Å². The van der Waals surface area contributed by atoms with Crippen LogP contribution >= 0.6 is 11.6 Å². The molecule has 0 aliphatic heterocycles. The number of hydrogen-bond donors (Lipinski definition) is 2. The lowest BCUT2D eigenvalue weighted by molar-refractivity contribution is -0.119. The molecule has 0 radical (unpaired) electrons. The Morgan fingerprint density at radius 3 is 2.64 bits per heavy atom. The van der Waals surface area contributed by atoms with E-state index in [4.69, 9.17) is 22.1 Å². The van der Waals surface area contributed by atoms with Gasteiger partial charge in [-0.05, 0) is 43.7 Å². The molecular formula is C22H19ClF2N4O4. The molecule has 1 atom stereocenters. The predicted octanol–water partition coefficient (Wildman–Crippen LogP) is 2.66. The predicted molar refractivity (Wildman–Crippen MR) is 116 cm³/mol. The molecule has 3 rings (SSSR count). The summed E-state index contributed by atoms with van der Waals surface area (Å²) in [5.74, 6) is -3.03. The molecule has 2 amide bonds. The van der Waals surface area contributed by atoms with Crippen LogP contribution in [0, 0.1) is 18.6 Å². The number of primary amides is 1. The maximum Gasteiger partial charge on any atom is 0.280 e. The molecule has 33 heavy (non-hydrogen) atoms. The van der Waals surface area contributed by atoms with Gasteiger partial charge in [0.05, 0.1) is 5.69 Å². The third kappa shape index (κ3) is 5.35. The number of nitrogens with two attached hydrogens (primary N) is 1. The van der Waals surface area contributed by atoms with Crippen LogP contribution in [0.1, 0.15) is 28.4 Å². The number of ether oxygens (including phenoxy) is 1. The molecule has 3 N–H and O–H groups in total. The van der Waals surface area contributed by atoms with Crippen LogP contribution in [0.25, 0.3) is 5.69 Å². The number of hydrogen-bond acceptors (Lipinski definition) is 5. The van der Waals surface area contributed by atoms with Gasteiger partial charge in [-0.15, -0.1) is 0 Å². The zero-order valence-corrected chi connectivity index (χ0v) is 18.3. The Bertz CT molecular complexity index is 1300. The van der Waals surface area contributed by atoms with Crippen molar-refractivity contribution in [3.63, 3.8) is 0 Å². The Kier molecular flexibility index (Phi) is 7.07. The molecule has 0 spiro atoms. The lowest BCUT2D eigenvalue weighted by Crippen LogP contribution is -2.42. The molecule has 0 bridgehead atoms. The average molecular weight is 477 g/mol. The van der Waals surface area contributed by atoms with Crippen molar-refractivity contribution >= 4 is 23.4 Å². The summed E-state index contributed by atoms with van der Waals surface area (Å²) in [5.41, 5.74) is 5.67. The largest absolute Gasteiger partial charge is 0.471 e. The number of nitrogens with zero attached hydrogens (tertiary/aromatic N) is 2. The number of rotatable bonds is 7. The van der Waals surface area contributed by atoms with E-state index in [1.807, 2.05) is 0 Å². The first kappa shape index (κ1) is 23.9. The van der Waals surface area contributed by atoms with Gasteiger partial charge in [0.2, 0.25) is 11.8 Å². The molecule has 3 aromatic rings. The summed E-state index contributed by atoms with van der Waals surface area (Å²) in [6.45, 7) is 2.83. The number of carbonyl (C=O) groups is 2. The van der Waals surface area contributed by atoms with Gasteiger partial charge >= 0.3 is 0 Å². The fraction of sp³-hybridized carbons (Fsp3) is 0.182. The Balaban J connectivity index is 1.88. The minimum absolute atomic E-state index is 0.0539. The first-order chi connectivity index (χ1) is 15.6. The summed E-state index contributed by atoms with van der Waals surface area (Å²) in [7, 11) is 0. The van der Waals surface area contributed by atoms with Crippen LogP contribution in [-0.4, -0.2) is 27.4 Å². The quantitative estimate of drug-likeness (QED) is 0.544. The van der Waals surface area contributed by atoms with Crippen LogP contribution < -0.4 is 21.3 Å². The van der Waals surface area contributed by atoms with Gasteiger partial charge in [0.1, 0.15) is 30.6 Å². The minimum Gasteiger partial charge on any atom is -0.471 e. The van der Waals surface area contributed by atoms with E-state index in [1.54, 1.807) is 13.0 Å². The lowest BCUT2D eigenvalue weighted by Gasteiger charge is -2.14. The van der Waals surface area contributed by atoms with E-state index in [1.165, 1.54) is 25.1 Å². The van der Waals surface area contributed by atoms with E-state index in [-0.39, 0.29) is 28.6 Å². The smallest absolute Gasteiger partial charge is 0.280 e. The highest BCUT2D eigenvalue weighted by molar-refractivity contribution is 6.31. The summed E-state index contributed by atoms with van der Waals surface area (Å²) in [6, 6.07) is 6.68. The zero-order valence-electron chi connectivity index (χ0n) is 17.6. The maximum absolute atomic E-state index is 13.8. The van der Waals surface area contributed by atoms with Crippen LogP contribution in [0.2, 0.25) is 5.02 Å². The van der Waals surface area contributed by atoms with Crippen molar-refractivity contribution in [3.05, 3.63) is 86.4 Å². The first-order valence-corrected chi connectivity index (χ1v) is 10.0. The molecular weight excluding hydrogens is 458 g/mol. The second-order valence-corrected chi connectivity index (χ2v) is 7.54. The van der Waals surface area contributed by atoms with Crippen molar-refractivity contribution in [1.29, 1.82) is 0 Å². The van der Waals surface area contributed by atoms with Gasteiger partial charge in [0, 0.05) is 17.2 Å². The van der Waals surface area contributed by atoms with Crippen LogP contribution in [0.15, 0.2) is 47.5 Å². The van der Waals surface area contributed by atoms with E-state index in [0.717, 1.165) is 17.0 Å². The van der Waals surface area contributed by atoms with Gasteiger partial charge in [-0.2, -0.15) is 0 Å². The monoisotopic (exact) mass is 476 g/mol. The van der Waals surface area contributed by atoms with Gasteiger partial charge in [-0.1, -0.05) is 17.7 Å². The average Bonchev–Trinajstić information content (AvgIpc) is 2.76. The summed E-state index contributed by atoms with van der Waals surface area (Å²) < 4.78 is 33.3. The Morgan fingerprint density at radius 2 is 1.97 bits per heavy atom. The van der Waals surface area contributed by atoms with Crippen molar-refractivity contribution in [2.24, 2.45) is 5.73 Å². The van der Waals surface area contributed by atoms with Gasteiger partial charge in [0.25, 0.3) is 11.5 Å². The van der Waals surface area contributed by atoms with Crippen molar-refractivity contribution in [1.82, 2.24) is 14.9 Å². The Hall–Kier alpha value is -3.79. The van der Waals surface area contributed by atoms with Gasteiger partial charge in [-0.25, -0.2) is 13.8 Å². The number of aryl methyl sites for hydroxylation is 1. The first-order valence-electron chi connectivity index (χ1n) is 9.63. The van der Waals surface area contributed by atoms with E-state index < -0.39 is 35.0 Å². The van der Waals surface area contributed by atoms with Crippen LogP contribution in [0.5, 0.6) is 5.88 Å². The van der Waals surface area contributed by atoms with Gasteiger partial charge < -0.3 is 15.8 Å². The molecule has 0 aliphatic carbocycles. The molecule has 1 heterocycles. The van der Waals surface area contributed by atoms with E-state index >= 15 is 0 Å². The minimum atomic E-state index is -0.886. The number of carbonyl (C=O) groups excluding carboxylic acids is 2. The molecule has 2 aromatic carbocycles. The van der Waals surface area contributed by atoms with Crippen LogP contribution in [0.4, 0.5) is 8.78 Å². The standard InChI is InChI=1S/C22H19ClF2N4O4/c1-11-3-4-13(20(31)28-12(2)19(26)30)7-17(11)29-10-27-21(18(23)22(29)32)33-9-14-5-6-15(24)8-16(14)25/h3-8,10,12H,9H2,1-2H3,(H2,26,30)(H,28,31)/t12-/m1/s1. The van der Waals surface area contributed by atoms with Gasteiger partial charge in [0.15, 0.2) is 5.02 Å². The number of amides is 2. The van der Waals surface area contributed by atoms with Crippen LogP contribution in [0.3, 0.4) is 0 Å². The fourth-order valence-corrected chi connectivity index (χ4v) is 3.03. The van der Waals surface area contributed by atoms with Crippen molar-refractivity contribution in [2.45, 2.75) is 26.5 Å². The number of halogens is 3. The molecule has 1 aromatic heterocycles. The summed E-state index contributed by atoms with van der Waals surface area (Å²) in [6.07, 6.45) is 1.15. The van der Waals surface area contributed by atoms with Crippen molar-refractivity contribution in [2.75, 3.05) is 0 Å². The summed E-state index contributed by atoms with van der Waals surface area (Å²) in [5, 5.41) is 2.09. The molecule has 0 saturated heterocycles. The van der Waals surface area contributed by atoms with Gasteiger partial charge in [-0.3, -0.25) is 19.0 Å². The SMILES string of the molecule is Cc1ccc(C(=O)N[C@H](C)C(N)=O)cc1-n1cnc(OCc2ccc(F)cc2F)c(Cl)c1=O. The number of nitrogens with one attached hydrogen (secondary N) is 1. The highest BCUT2D eigenvalue weighted by Gasteiger charge is 2.18. The summed E-state index contributed by atoms with van der Waals surface area (Å²) >= 11 is 6.13. The molecule has 172 valence electrons. The second kappa shape index (κ2) is 9.78. The maximum atomic E-state index is 13.8. The topological polar surface area (TPSA) is 116 Å². The normalized spacial score (nSPS) is 11.7. The highest BCUT2D eigenvalue weighted by Crippen LogP contribution is 2.22.